The van der Waals surface area contributed by atoms with E-state index in [0.29, 0.717) is 24.3 Å². The van der Waals surface area contributed by atoms with E-state index in [1.54, 1.807) is 11.9 Å². The fraction of sp³-hybridized carbons (Fsp3) is 0.600. The van der Waals surface area contributed by atoms with E-state index >= 15 is 0 Å². The first-order chi connectivity index (χ1) is 12.5. The summed E-state index contributed by atoms with van der Waals surface area (Å²) in [5.41, 5.74) is -0.562. The van der Waals surface area contributed by atoms with Gasteiger partial charge in [-0.15, -0.1) is 0 Å². The van der Waals surface area contributed by atoms with E-state index in [2.05, 4.69) is 26.1 Å². The molecule has 2 aliphatic rings. The summed E-state index contributed by atoms with van der Waals surface area (Å²) in [7, 11) is 1.70. The summed E-state index contributed by atoms with van der Waals surface area (Å²) in [4.78, 5) is 28.5. The number of carbonyl (C=O) groups is 2. The molecule has 5 nitrogen and oxygen atoms in total. The maximum absolute atomic E-state index is 13.9. The maximum atomic E-state index is 13.9. The molecule has 1 aromatic rings. The Morgan fingerprint density at radius 3 is 2.59 bits per heavy atom. The molecule has 2 atom stereocenters. The van der Waals surface area contributed by atoms with Crippen molar-refractivity contribution in [2.24, 2.45) is 11.3 Å². The Balaban J connectivity index is 1.72. The van der Waals surface area contributed by atoms with Crippen LogP contribution in [-0.4, -0.2) is 41.0 Å². The second kappa shape index (κ2) is 6.86. The van der Waals surface area contributed by atoms with Crippen molar-refractivity contribution in [3.8, 4) is 0 Å². The monoisotopic (exact) mass is 379 g/mol. The standard InChI is InChI=1S/C20H27F2N3O2/c1-13-8-19(2,3)11-20(9-13)17(26)25(18(27)23-20)12-24(4)10-14-5-6-15(21)7-16(14)22/h5-7,13H,8-12H2,1-4H3,(H,23,27). The van der Waals surface area contributed by atoms with Crippen molar-refractivity contribution < 1.29 is 18.4 Å². The number of rotatable bonds is 4. The van der Waals surface area contributed by atoms with Crippen LogP contribution in [0.25, 0.3) is 0 Å². The molecule has 1 heterocycles. The average Bonchev–Trinajstić information content (AvgIpc) is 2.72. The summed E-state index contributed by atoms with van der Waals surface area (Å²) in [5, 5.41) is 2.93. The molecule has 2 fully saturated rings. The summed E-state index contributed by atoms with van der Waals surface area (Å²) in [5.74, 6) is -1.15. The van der Waals surface area contributed by atoms with Crippen LogP contribution in [0.4, 0.5) is 13.6 Å². The maximum Gasteiger partial charge on any atom is 0.326 e. The second-order valence-electron chi connectivity index (χ2n) is 8.99. The minimum atomic E-state index is -0.847. The molecular formula is C20H27F2N3O2. The lowest BCUT2D eigenvalue weighted by molar-refractivity contribution is -0.136. The molecule has 3 amide bonds. The van der Waals surface area contributed by atoms with Crippen molar-refractivity contribution in [2.75, 3.05) is 13.7 Å². The van der Waals surface area contributed by atoms with E-state index in [4.69, 9.17) is 0 Å². The Morgan fingerprint density at radius 1 is 1.26 bits per heavy atom. The number of hydrogen-bond acceptors (Lipinski definition) is 3. The molecule has 1 N–H and O–H groups in total. The molecule has 0 aromatic heterocycles. The zero-order valence-corrected chi connectivity index (χ0v) is 16.3. The van der Waals surface area contributed by atoms with E-state index in [0.717, 1.165) is 12.5 Å². The normalized spacial score (nSPS) is 27.5. The summed E-state index contributed by atoms with van der Waals surface area (Å²) in [6, 6.07) is 2.99. The zero-order valence-electron chi connectivity index (χ0n) is 16.3. The van der Waals surface area contributed by atoms with E-state index in [1.807, 2.05) is 0 Å². The highest BCUT2D eigenvalue weighted by atomic mass is 19.1. The van der Waals surface area contributed by atoms with Gasteiger partial charge in [0.05, 0.1) is 6.67 Å². The molecule has 27 heavy (non-hydrogen) atoms. The van der Waals surface area contributed by atoms with Crippen LogP contribution < -0.4 is 5.32 Å². The molecule has 1 aliphatic heterocycles. The fourth-order valence-corrected chi connectivity index (χ4v) is 4.87. The Morgan fingerprint density at radius 2 is 1.96 bits per heavy atom. The number of nitrogens with zero attached hydrogens (tertiary/aromatic N) is 2. The first kappa shape index (κ1) is 19.7. The molecule has 1 spiro atoms. The molecule has 148 valence electrons. The van der Waals surface area contributed by atoms with Crippen molar-refractivity contribution >= 4 is 11.9 Å². The van der Waals surface area contributed by atoms with Crippen LogP contribution in [0.3, 0.4) is 0 Å². The summed E-state index contributed by atoms with van der Waals surface area (Å²) >= 11 is 0. The topological polar surface area (TPSA) is 52.7 Å². The Hall–Kier alpha value is -2.02. The third-order valence-corrected chi connectivity index (χ3v) is 5.46. The Kier molecular flexibility index (Phi) is 5.01. The lowest BCUT2D eigenvalue weighted by Crippen LogP contribution is -2.54. The van der Waals surface area contributed by atoms with Crippen LogP contribution in [0.5, 0.6) is 0 Å². The van der Waals surface area contributed by atoms with Crippen LogP contribution in [-0.2, 0) is 11.3 Å². The van der Waals surface area contributed by atoms with E-state index < -0.39 is 23.2 Å². The molecule has 2 unspecified atom stereocenters. The number of halogens is 2. The van der Waals surface area contributed by atoms with E-state index in [-0.39, 0.29) is 24.5 Å². The zero-order chi connectivity index (χ0) is 20.0. The summed E-state index contributed by atoms with van der Waals surface area (Å²) in [6.45, 7) is 6.57. The Labute approximate surface area is 158 Å². The first-order valence-corrected chi connectivity index (χ1v) is 9.28. The molecule has 0 bridgehead atoms. The first-order valence-electron chi connectivity index (χ1n) is 9.28. The average molecular weight is 379 g/mol. The largest absolute Gasteiger partial charge is 0.326 e. The highest BCUT2D eigenvalue weighted by Crippen LogP contribution is 2.46. The van der Waals surface area contributed by atoms with Crippen LogP contribution in [0.2, 0.25) is 0 Å². The van der Waals surface area contributed by atoms with Crippen molar-refractivity contribution in [2.45, 2.75) is 52.1 Å². The Bertz CT molecular complexity index is 768. The fourth-order valence-electron chi connectivity index (χ4n) is 4.87. The van der Waals surface area contributed by atoms with Crippen molar-refractivity contribution in [1.29, 1.82) is 0 Å². The summed E-state index contributed by atoms with van der Waals surface area (Å²) < 4.78 is 26.9. The third kappa shape index (κ3) is 3.98. The predicted molar refractivity (Wildman–Crippen MR) is 97.6 cm³/mol. The van der Waals surface area contributed by atoms with Gasteiger partial charge in [-0.25, -0.2) is 18.5 Å². The molecule has 1 saturated heterocycles. The molecule has 1 saturated carbocycles. The van der Waals surface area contributed by atoms with Gasteiger partial charge in [0.1, 0.15) is 17.2 Å². The van der Waals surface area contributed by atoms with E-state index in [9.17, 15) is 18.4 Å². The lowest BCUT2D eigenvalue weighted by Gasteiger charge is -2.43. The molecule has 7 heteroatoms. The van der Waals surface area contributed by atoms with Gasteiger partial charge in [0.2, 0.25) is 0 Å². The minimum Gasteiger partial charge on any atom is -0.323 e. The van der Waals surface area contributed by atoms with Gasteiger partial charge in [-0.3, -0.25) is 9.69 Å². The van der Waals surface area contributed by atoms with Crippen molar-refractivity contribution in [3.05, 3.63) is 35.4 Å². The van der Waals surface area contributed by atoms with Gasteiger partial charge in [0.15, 0.2) is 0 Å². The second-order valence-corrected chi connectivity index (χ2v) is 8.99. The highest BCUT2D eigenvalue weighted by Gasteiger charge is 2.56. The van der Waals surface area contributed by atoms with Gasteiger partial charge in [-0.1, -0.05) is 26.8 Å². The summed E-state index contributed by atoms with van der Waals surface area (Å²) in [6.07, 6.45) is 2.26. The predicted octanol–water partition coefficient (Wildman–Crippen LogP) is 3.49. The number of carbonyl (C=O) groups excluding carboxylic acids is 2. The van der Waals surface area contributed by atoms with Crippen molar-refractivity contribution in [3.63, 3.8) is 0 Å². The van der Waals surface area contributed by atoms with Gasteiger partial charge in [-0.2, -0.15) is 0 Å². The smallest absolute Gasteiger partial charge is 0.323 e. The third-order valence-electron chi connectivity index (χ3n) is 5.46. The number of urea groups is 1. The minimum absolute atomic E-state index is 0.0280. The number of nitrogens with one attached hydrogen (secondary N) is 1. The van der Waals surface area contributed by atoms with Crippen LogP contribution in [0.15, 0.2) is 18.2 Å². The van der Waals surface area contributed by atoms with Crippen LogP contribution in [0, 0.1) is 23.0 Å². The number of imide groups is 1. The van der Waals surface area contributed by atoms with Gasteiger partial charge in [0, 0.05) is 18.2 Å². The number of amides is 3. The number of hydrogen-bond donors (Lipinski definition) is 1. The highest BCUT2D eigenvalue weighted by molar-refractivity contribution is 6.07. The van der Waals surface area contributed by atoms with Crippen LogP contribution in [0.1, 0.15) is 45.6 Å². The van der Waals surface area contributed by atoms with E-state index in [1.165, 1.54) is 17.0 Å². The number of benzene rings is 1. The molecule has 1 aromatic carbocycles. The lowest BCUT2D eigenvalue weighted by atomic mass is 9.64. The SMILES string of the molecule is CC1CC(C)(C)CC2(C1)NC(=O)N(CN(C)Cc1ccc(F)cc1F)C2=O. The quantitative estimate of drug-likeness (QED) is 0.815. The molecule has 0 radical (unpaired) electrons. The van der Waals surface area contributed by atoms with Crippen LogP contribution >= 0.6 is 0 Å². The molecule has 3 rings (SSSR count). The van der Waals surface area contributed by atoms with Gasteiger partial charge in [-0.05, 0) is 43.7 Å². The molecular weight excluding hydrogens is 352 g/mol. The van der Waals surface area contributed by atoms with Crippen molar-refractivity contribution in [1.82, 2.24) is 15.1 Å². The van der Waals surface area contributed by atoms with Gasteiger partial charge < -0.3 is 5.32 Å². The molecule has 1 aliphatic carbocycles. The van der Waals surface area contributed by atoms with Gasteiger partial charge in [0.25, 0.3) is 5.91 Å². The van der Waals surface area contributed by atoms with Gasteiger partial charge >= 0.3 is 6.03 Å².